The topological polar surface area (TPSA) is 50.4 Å². The first-order chi connectivity index (χ1) is 7.66. The molecule has 4 heteroatoms. The number of aliphatic imine (C=N–C) groups is 1. The van der Waals surface area contributed by atoms with Crippen LogP contribution in [0.15, 0.2) is 4.99 Å². The summed E-state index contributed by atoms with van der Waals surface area (Å²) in [6.45, 7) is 5.25. The average Bonchev–Trinajstić information content (AvgIpc) is 3.00. The van der Waals surface area contributed by atoms with Gasteiger partial charge in [0.1, 0.15) is 0 Å². The lowest BCUT2D eigenvalue weighted by atomic mass is 9.65. The number of rotatable bonds is 5. The third-order valence-electron chi connectivity index (χ3n) is 4.36. The summed E-state index contributed by atoms with van der Waals surface area (Å²) >= 11 is 0. The van der Waals surface area contributed by atoms with E-state index >= 15 is 0 Å². The van der Waals surface area contributed by atoms with Crippen LogP contribution < -0.4 is 11.1 Å². The van der Waals surface area contributed by atoms with Crippen molar-refractivity contribution in [2.24, 2.45) is 22.1 Å². The van der Waals surface area contributed by atoms with E-state index in [4.69, 9.17) is 5.73 Å². The van der Waals surface area contributed by atoms with Crippen molar-refractivity contribution in [2.45, 2.75) is 58.4 Å². The summed E-state index contributed by atoms with van der Waals surface area (Å²) in [4.78, 5) is 4.55. The first-order valence-corrected chi connectivity index (χ1v) is 6.73. The maximum atomic E-state index is 5.90. The standard InChI is InChI=1S/C13H25N3.HI/c1-3-10(2)16-12(14)15-9-13(7-4-8-13)11-5-6-11;/h10-11H,3-9H2,1-2H3,(H3,14,15,16);1H. The first-order valence-electron chi connectivity index (χ1n) is 6.73. The second-order valence-electron chi connectivity index (χ2n) is 5.65. The molecule has 1 unspecified atom stereocenters. The zero-order chi connectivity index (χ0) is 11.6. The Kier molecular flexibility index (Phi) is 5.54. The lowest BCUT2D eigenvalue weighted by Gasteiger charge is -2.41. The summed E-state index contributed by atoms with van der Waals surface area (Å²) in [6, 6.07) is 0.432. The summed E-state index contributed by atoms with van der Waals surface area (Å²) in [7, 11) is 0. The Balaban J connectivity index is 0.00000144. The van der Waals surface area contributed by atoms with Crippen LogP contribution in [-0.2, 0) is 0 Å². The number of nitrogens with zero attached hydrogens (tertiary/aromatic N) is 1. The third-order valence-corrected chi connectivity index (χ3v) is 4.36. The van der Waals surface area contributed by atoms with Crippen molar-refractivity contribution >= 4 is 29.9 Å². The number of nitrogens with one attached hydrogen (secondary N) is 1. The van der Waals surface area contributed by atoms with Crippen molar-refractivity contribution in [3.63, 3.8) is 0 Å². The fourth-order valence-corrected chi connectivity index (χ4v) is 2.66. The number of hydrogen-bond acceptors (Lipinski definition) is 1. The van der Waals surface area contributed by atoms with Gasteiger partial charge in [0, 0.05) is 12.6 Å². The monoisotopic (exact) mass is 351 g/mol. The SMILES string of the molecule is CCC(C)NC(N)=NCC1(C2CC2)CCC1.I. The van der Waals surface area contributed by atoms with Crippen molar-refractivity contribution < 1.29 is 0 Å². The van der Waals surface area contributed by atoms with Crippen LogP contribution in [0.25, 0.3) is 0 Å². The molecule has 0 aromatic heterocycles. The largest absolute Gasteiger partial charge is 0.370 e. The van der Waals surface area contributed by atoms with Gasteiger partial charge in [-0.15, -0.1) is 24.0 Å². The Morgan fingerprint density at radius 1 is 1.47 bits per heavy atom. The number of hydrogen-bond donors (Lipinski definition) is 2. The van der Waals surface area contributed by atoms with Gasteiger partial charge in [-0.25, -0.2) is 0 Å². The van der Waals surface area contributed by atoms with Gasteiger partial charge in [0.05, 0.1) is 0 Å². The summed E-state index contributed by atoms with van der Waals surface area (Å²) in [5.41, 5.74) is 6.44. The Hall–Kier alpha value is 0. The fourth-order valence-electron chi connectivity index (χ4n) is 2.66. The molecule has 100 valence electrons. The minimum atomic E-state index is 0. The van der Waals surface area contributed by atoms with Crippen LogP contribution >= 0.6 is 24.0 Å². The molecule has 1 atom stereocenters. The molecule has 2 fully saturated rings. The van der Waals surface area contributed by atoms with Crippen molar-refractivity contribution in [1.82, 2.24) is 5.32 Å². The molecule has 0 aromatic carbocycles. The predicted molar refractivity (Wildman–Crippen MR) is 83.8 cm³/mol. The maximum absolute atomic E-state index is 5.90. The minimum absolute atomic E-state index is 0. The minimum Gasteiger partial charge on any atom is -0.370 e. The van der Waals surface area contributed by atoms with Crippen LogP contribution in [0.2, 0.25) is 0 Å². The molecule has 0 heterocycles. The van der Waals surface area contributed by atoms with E-state index in [0.717, 1.165) is 18.9 Å². The summed E-state index contributed by atoms with van der Waals surface area (Å²) in [5.74, 6) is 1.60. The number of guanidine groups is 1. The molecule has 3 nitrogen and oxygen atoms in total. The Labute approximate surface area is 122 Å². The van der Waals surface area contributed by atoms with Crippen molar-refractivity contribution in [3.8, 4) is 0 Å². The molecule has 0 spiro atoms. The van der Waals surface area contributed by atoms with Gasteiger partial charge >= 0.3 is 0 Å². The molecule has 2 rings (SSSR count). The molecule has 2 aliphatic rings. The quantitative estimate of drug-likeness (QED) is 0.455. The molecule has 0 saturated heterocycles. The van der Waals surface area contributed by atoms with E-state index in [-0.39, 0.29) is 24.0 Å². The molecule has 2 saturated carbocycles. The van der Waals surface area contributed by atoms with Crippen LogP contribution in [0.3, 0.4) is 0 Å². The highest BCUT2D eigenvalue weighted by molar-refractivity contribution is 14.0. The van der Waals surface area contributed by atoms with Crippen LogP contribution in [0.1, 0.15) is 52.4 Å². The number of halogens is 1. The molecule has 0 aliphatic heterocycles. The highest BCUT2D eigenvalue weighted by atomic mass is 127. The second-order valence-corrected chi connectivity index (χ2v) is 5.65. The molecule has 0 amide bonds. The third kappa shape index (κ3) is 3.73. The number of nitrogens with two attached hydrogens (primary N) is 1. The Morgan fingerprint density at radius 2 is 2.12 bits per heavy atom. The van der Waals surface area contributed by atoms with Crippen LogP contribution in [0.5, 0.6) is 0 Å². The van der Waals surface area contributed by atoms with E-state index in [0.29, 0.717) is 17.4 Å². The van der Waals surface area contributed by atoms with Gasteiger partial charge in [0.2, 0.25) is 0 Å². The maximum Gasteiger partial charge on any atom is 0.188 e. The lowest BCUT2D eigenvalue weighted by Crippen LogP contribution is -2.41. The van der Waals surface area contributed by atoms with Crippen LogP contribution in [-0.4, -0.2) is 18.5 Å². The van der Waals surface area contributed by atoms with E-state index in [1.54, 1.807) is 0 Å². The lowest BCUT2D eigenvalue weighted by molar-refractivity contribution is 0.113. The van der Waals surface area contributed by atoms with Crippen LogP contribution in [0.4, 0.5) is 0 Å². The molecular formula is C13H26IN3. The predicted octanol–water partition coefficient (Wildman–Crippen LogP) is 2.89. The first kappa shape index (κ1) is 15.1. The normalized spacial score (nSPS) is 24.5. The van der Waals surface area contributed by atoms with E-state index in [1.807, 2.05) is 0 Å². The van der Waals surface area contributed by atoms with Crippen molar-refractivity contribution in [3.05, 3.63) is 0 Å². The highest BCUT2D eigenvalue weighted by Crippen LogP contribution is 2.57. The van der Waals surface area contributed by atoms with Gasteiger partial charge < -0.3 is 11.1 Å². The second kappa shape index (κ2) is 6.25. The molecule has 0 bridgehead atoms. The van der Waals surface area contributed by atoms with Gasteiger partial charge in [-0.3, -0.25) is 4.99 Å². The van der Waals surface area contributed by atoms with Gasteiger partial charge in [-0.05, 0) is 50.4 Å². The Bertz CT molecular complexity index is 270. The summed E-state index contributed by atoms with van der Waals surface area (Å²) in [6.07, 6.45) is 8.08. The molecule has 17 heavy (non-hydrogen) atoms. The highest BCUT2D eigenvalue weighted by Gasteiger charge is 2.48. The van der Waals surface area contributed by atoms with E-state index < -0.39 is 0 Å². The molecule has 0 radical (unpaired) electrons. The van der Waals surface area contributed by atoms with Gasteiger partial charge in [-0.1, -0.05) is 13.3 Å². The van der Waals surface area contributed by atoms with Gasteiger partial charge in [-0.2, -0.15) is 0 Å². The van der Waals surface area contributed by atoms with E-state index in [9.17, 15) is 0 Å². The molecule has 0 aromatic rings. The summed E-state index contributed by atoms with van der Waals surface area (Å²) < 4.78 is 0. The molecular weight excluding hydrogens is 325 g/mol. The van der Waals surface area contributed by atoms with E-state index in [2.05, 4.69) is 24.2 Å². The average molecular weight is 351 g/mol. The van der Waals surface area contributed by atoms with Crippen molar-refractivity contribution in [1.29, 1.82) is 0 Å². The van der Waals surface area contributed by atoms with Gasteiger partial charge in [0.15, 0.2) is 5.96 Å². The zero-order valence-corrected chi connectivity index (χ0v) is 13.4. The zero-order valence-electron chi connectivity index (χ0n) is 11.0. The summed E-state index contributed by atoms with van der Waals surface area (Å²) in [5, 5.41) is 3.24. The fraction of sp³-hybridized carbons (Fsp3) is 0.923. The van der Waals surface area contributed by atoms with Crippen molar-refractivity contribution in [2.75, 3.05) is 6.54 Å². The molecule has 3 N–H and O–H groups in total. The van der Waals surface area contributed by atoms with Gasteiger partial charge in [0.25, 0.3) is 0 Å². The molecule has 2 aliphatic carbocycles. The van der Waals surface area contributed by atoms with E-state index in [1.165, 1.54) is 32.1 Å². The smallest absolute Gasteiger partial charge is 0.188 e. The Morgan fingerprint density at radius 3 is 2.53 bits per heavy atom. The van der Waals surface area contributed by atoms with Crippen LogP contribution in [0, 0.1) is 11.3 Å².